The molecule has 2 aromatic rings. The number of methoxy groups -OCH3 is 2. The van der Waals surface area contributed by atoms with E-state index in [1.54, 1.807) is 59.6 Å². The summed E-state index contributed by atoms with van der Waals surface area (Å²) >= 11 is 0. The van der Waals surface area contributed by atoms with Gasteiger partial charge in [0.15, 0.2) is 29.3 Å². The molecule has 2 fully saturated rings. The van der Waals surface area contributed by atoms with Crippen molar-refractivity contribution < 1.29 is 38.1 Å². The second-order valence-electron chi connectivity index (χ2n) is 9.79. The maximum Gasteiger partial charge on any atom is 0.417 e. The zero-order chi connectivity index (χ0) is 29.9. The highest BCUT2D eigenvalue weighted by Gasteiger charge is 2.31. The maximum atomic E-state index is 12.6. The molecule has 11 heteroatoms. The first-order valence-electron chi connectivity index (χ1n) is 13.7. The topological polar surface area (TPSA) is 115 Å². The number of hydrogen-bond acceptors (Lipinski definition) is 9. The Morgan fingerprint density at radius 3 is 2.29 bits per heavy atom. The quantitative estimate of drug-likeness (QED) is 0.304. The molecule has 0 radical (unpaired) electrons. The van der Waals surface area contributed by atoms with E-state index < -0.39 is 18.4 Å². The van der Waals surface area contributed by atoms with Crippen LogP contribution in [0.1, 0.15) is 24.8 Å². The number of rotatable bonds is 10. The second kappa shape index (κ2) is 14.8. The summed E-state index contributed by atoms with van der Waals surface area (Å²) in [4.78, 5) is 54.7. The summed E-state index contributed by atoms with van der Waals surface area (Å²) in [6.45, 7) is 2.49. The molecule has 1 atom stereocenters. The molecule has 2 aliphatic heterocycles. The van der Waals surface area contributed by atoms with E-state index in [1.807, 2.05) is 11.0 Å². The highest BCUT2D eigenvalue weighted by atomic mass is 16.6. The molecule has 0 spiro atoms. The van der Waals surface area contributed by atoms with Crippen molar-refractivity contribution in [3.63, 3.8) is 0 Å². The van der Waals surface area contributed by atoms with Crippen LogP contribution in [0, 0.1) is 0 Å². The van der Waals surface area contributed by atoms with E-state index in [4.69, 9.17) is 18.9 Å². The van der Waals surface area contributed by atoms with Gasteiger partial charge in [0.25, 0.3) is 0 Å². The molecule has 0 aromatic heterocycles. The molecular weight excluding hydrogens is 542 g/mol. The average molecular weight is 578 g/mol. The van der Waals surface area contributed by atoms with Gasteiger partial charge in [0, 0.05) is 39.5 Å². The van der Waals surface area contributed by atoms with E-state index >= 15 is 0 Å². The largest absolute Gasteiger partial charge is 0.493 e. The van der Waals surface area contributed by atoms with Crippen LogP contribution in [0.3, 0.4) is 0 Å². The van der Waals surface area contributed by atoms with E-state index in [1.165, 1.54) is 31.3 Å². The number of ketones is 2. The van der Waals surface area contributed by atoms with Gasteiger partial charge in [-0.05, 0) is 54.8 Å². The Bertz CT molecular complexity index is 1320. The summed E-state index contributed by atoms with van der Waals surface area (Å²) in [5, 5.41) is 0. The normalized spacial score (nSPS) is 17.1. The minimum Gasteiger partial charge on any atom is -0.493 e. The minimum absolute atomic E-state index is 0.294. The van der Waals surface area contributed by atoms with Gasteiger partial charge in [-0.2, -0.15) is 0 Å². The third-order valence-electron chi connectivity index (χ3n) is 6.85. The predicted molar refractivity (Wildman–Crippen MR) is 154 cm³/mol. The van der Waals surface area contributed by atoms with E-state index in [0.717, 1.165) is 12.8 Å². The standard InChI is InChI=1S/C31H35N3O8/c1-39-28-20-23(11-13-27(28)42-30(37)33-15-6-7-16-33)10-12-24(35)21-25(36)14-17-32-18-19-34(29(22-32)40-2)31(38)41-26-8-4-3-5-9-26/h3-5,8-14,17,20,29H,6-7,15-16,18-19,21-22H2,1-2H3/b12-10+,17-14+. The number of para-hydroxylation sites is 1. The molecule has 2 aliphatic rings. The smallest absolute Gasteiger partial charge is 0.417 e. The van der Waals surface area contributed by atoms with Crippen molar-refractivity contribution in [2.45, 2.75) is 25.5 Å². The summed E-state index contributed by atoms with van der Waals surface area (Å²) in [7, 11) is 2.97. The number of likely N-dealkylation sites (tertiary alicyclic amines) is 1. The lowest BCUT2D eigenvalue weighted by Gasteiger charge is -2.39. The molecule has 11 nitrogen and oxygen atoms in total. The third-order valence-corrected chi connectivity index (χ3v) is 6.85. The van der Waals surface area contributed by atoms with Gasteiger partial charge in [-0.3, -0.25) is 14.5 Å². The molecule has 1 unspecified atom stereocenters. The summed E-state index contributed by atoms with van der Waals surface area (Å²) in [5.41, 5.74) is 0.651. The lowest BCUT2D eigenvalue weighted by Crippen LogP contribution is -2.55. The van der Waals surface area contributed by atoms with Crippen LogP contribution in [0.25, 0.3) is 6.08 Å². The van der Waals surface area contributed by atoms with E-state index in [-0.39, 0.29) is 18.0 Å². The van der Waals surface area contributed by atoms with Crippen LogP contribution in [0.4, 0.5) is 9.59 Å². The van der Waals surface area contributed by atoms with Gasteiger partial charge in [-0.25, -0.2) is 9.59 Å². The van der Waals surface area contributed by atoms with Gasteiger partial charge in [0.1, 0.15) is 5.75 Å². The molecule has 0 bridgehead atoms. The van der Waals surface area contributed by atoms with Crippen LogP contribution in [0.5, 0.6) is 17.2 Å². The van der Waals surface area contributed by atoms with Crippen LogP contribution in [-0.4, -0.2) is 91.6 Å². The van der Waals surface area contributed by atoms with Crippen molar-refractivity contribution in [3.8, 4) is 17.2 Å². The Morgan fingerprint density at radius 1 is 0.833 bits per heavy atom. The molecule has 0 aliphatic carbocycles. The van der Waals surface area contributed by atoms with Crippen LogP contribution in [-0.2, 0) is 14.3 Å². The van der Waals surface area contributed by atoms with Crippen LogP contribution in [0.15, 0.2) is 66.9 Å². The zero-order valence-electron chi connectivity index (χ0n) is 23.8. The number of piperazine rings is 1. The van der Waals surface area contributed by atoms with E-state index in [2.05, 4.69) is 0 Å². The lowest BCUT2D eigenvalue weighted by molar-refractivity contribution is -0.122. The monoisotopic (exact) mass is 577 g/mol. The number of ether oxygens (including phenoxy) is 4. The van der Waals surface area contributed by atoms with Crippen LogP contribution >= 0.6 is 0 Å². The SMILES string of the molecule is COc1cc(/C=C/C(=O)CC(=O)/C=C/N2CCN(C(=O)Oc3ccccc3)C(OC)C2)ccc1OC(=O)N1CCCC1. The average Bonchev–Trinajstić information content (AvgIpc) is 3.55. The number of benzene rings is 2. The van der Waals surface area contributed by atoms with Crippen LogP contribution < -0.4 is 14.2 Å². The van der Waals surface area contributed by atoms with Crippen molar-refractivity contribution in [1.29, 1.82) is 0 Å². The molecule has 222 valence electrons. The number of carbonyl (C=O) groups excluding carboxylic acids is 4. The van der Waals surface area contributed by atoms with Gasteiger partial charge in [-0.15, -0.1) is 0 Å². The van der Waals surface area contributed by atoms with E-state index in [0.29, 0.717) is 55.5 Å². The third kappa shape index (κ3) is 8.43. The van der Waals surface area contributed by atoms with Gasteiger partial charge >= 0.3 is 12.2 Å². The van der Waals surface area contributed by atoms with E-state index in [9.17, 15) is 19.2 Å². The maximum absolute atomic E-state index is 12.6. The molecule has 0 saturated carbocycles. The van der Waals surface area contributed by atoms with Gasteiger partial charge in [0.2, 0.25) is 0 Å². The fraction of sp³-hybridized carbons (Fsp3) is 0.355. The zero-order valence-corrected chi connectivity index (χ0v) is 23.8. The number of nitrogens with zero attached hydrogens (tertiary/aromatic N) is 3. The first kappa shape index (κ1) is 30.3. The predicted octanol–water partition coefficient (Wildman–Crippen LogP) is 4.13. The number of hydrogen-bond donors (Lipinski definition) is 0. The van der Waals surface area contributed by atoms with Gasteiger partial charge in [0.05, 0.1) is 20.1 Å². The van der Waals surface area contributed by atoms with Crippen molar-refractivity contribution >= 4 is 29.8 Å². The highest BCUT2D eigenvalue weighted by Crippen LogP contribution is 2.29. The summed E-state index contributed by atoms with van der Waals surface area (Å²) < 4.78 is 21.7. The minimum atomic E-state index is -0.564. The summed E-state index contributed by atoms with van der Waals surface area (Å²) in [6.07, 6.45) is 5.99. The molecule has 2 aromatic carbocycles. The first-order chi connectivity index (χ1) is 20.4. The first-order valence-corrected chi connectivity index (χ1v) is 13.7. The Hall–Kier alpha value is -4.64. The fourth-order valence-electron chi connectivity index (χ4n) is 4.56. The molecule has 4 rings (SSSR count). The van der Waals surface area contributed by atoms with Crippen molar-refractivity contribution in [1.82, 2.24) is 14.7 Å². The second-order valence-corrected chi connectivity index (χ2v) is 9.79. The number of carbonyl (C=O) groups is 4. The molecule has 2 saturated heterocycles. The van der Waals surface area contributed by atoms with Crippen molar-refractivity contribution in [3.05, 3.63) is 72.4 Å². The number of allylic oxidation sites excluding steroid dienone is 2. The Morgan fingerprint density at radius 2 is 1.57 bits per heavy atom. The van der Waals surface area contributed by atoms with Gasteiger partial charge in [-0.1, -0.05) is 30.3 Å². The lowest BCUT2D eigenvalue weighted by atomic mass is 10.1. The Labute approximate surface area is 244 Å². The molecular formula is C31H35N3O8. The van der Waals surface area contributed by atoms with Gasteiger partial charge < -0.3 is 28.7 Å². The molecule has 2 amide bonds. The van der Waals surface area contributed by atoms with Crippen molar-refractivity contribution in [2.75, 3.05) is 46.9 Å². The highest BCUT2D eigenvalue weighted by molar-refractivity contribution is 6.09. The summed E-state index contributed by atoms with van der Waals surface area (Å²) in [6, 6.07) is 13.7. The Kier molecular flexibility index (Phi) is 10.7. The molecule has 42 heavy (non-hydrogen) atoms. The molecule has 2 heterocycles. The van der Waals surface area contributed by atoms with Crippen molar-refractivity contribution in [2.24, 2.45) is 0 Å². The summed E-state index contributed by atoms with van der Waals surface area (Å²) in [5.74, 6) is 0.378. The fourth-order valence-corrected chi connectivity index (χ4v) is 4.56. The molecule has 0 N–H and O–H groups in total. The number of amides is 2. The van der Waals surface area contributed by atoms with Crippen LogP contribution in [0.2, 0.25) is 0 Å². The Balaban J connectivity index is 1.25.